The molecular weight excluding hydrogens is 334 g/mol. The average Bonchev–Trinajstić information content (AvgIpc) is 3.04. The van der Waals surface area contributed by atoms with Gasteiger partial charge in [-0.2, -0.15) is 0 Å². The first-order chi connectivity index (χ1) is 11.1. The van der Waals surface area contributed by atoms with E-state index < -0.39 is 15.8 Å². The van der Waals surface area contributed by atoms with Crippen molar-refractivity contribution in [2.45, 2.75) is 31.1 Å². The molecule has 2 aromatic heterocycles. The van der Waals surface area contributed by atoms with E-state index in [9.17, 15) is 13.2 Å². The van der Waals surface area contributed by atoms with Crippen molar-refractivity contribution in [3.8, 4) is 0 Å². The number of sulfonamides is 1. The highest BCUT2D eigenvalue weighted by molar-refractivity contribution is 7.92. The van der Waals surface area contributed by atoms with Crippen LogP contribution in [0, 0.1) is 0 Å². The Morgan fingerprint density at radius 2 is 1.92 bits per heavy atom. The molecule has 1 N–H and O–H groups in total. The Hall–Kier alpha value is -2.55. The fourth-order valence-corrected chi connectivity index (χ4v) is 3.14. The second kappa shape index (κ2) is 5.23. The van der Waals surface area contributed by atoms with Gasteiger partial charge < -0.3 is 8.94 Å². The third-order valence-corrected chi connectivity index (χ3v) is 4.93. The molecule has 9 heteroatoms. The summed E-state index contributed by atoms with van der Waals surface area (Å²) in [6, 6.07) is 5.73. The van der Waals surface area contributed by atoms with Crippen LogP contribution in [0.2, 0.25) is 0 Å². The van der Waals surface area contributed by atoms with E-state index in [1.54, 1.807) is 13.1 Å². The molecule has 2 heterocycles. The van der Waals surface area contributed by atoms with Crippen LogP contribution in [-0.4, -0.2) is 18.1 Å². The van der Waals surface area contributed by atoms with Crippen LogP contribution in [0.3, 0.4) is 0 Å². The third kappa shape index (κ3) is 2.82. The van der Waals surface area contributed by atoms with Crippen molar-refractivity contribution in [3.63, 3.8) is 0 Å². The second-order valence-electron chi connectivity index (χ2n) is 6.49. The van der Waals surface area contributed by atoms with Crippen LogP contribution in [-0.2, 0) is 22.5 Å². The number of oxazole rings is 1. The van der Waals surface area contributed by atoms with E-state index >= 15 is 0 Å². The van der Waals surface area contributed by atoms with Crippen molar-refractivity contribution in [3.05, 3.63) is 40.5 Å². The monoisotopic (exact) mass is 351 g/mol. The lowest BCUT2D eigenvalue weighted by Crippen LogP contribution is -2.13. The number of benzene rings is 1. The number of hydrogen-bond donors (Lipinski definition) is 1. The molecule has 0 amide bonds. The van der Waals surface area contributed by atoms with Gasteiger partial charge in [0.05, 0.1) is 16.1 Å². The molecule has 3 rings (SSSR count). The van der Waals surface area contributed by atoms with E-state index in [1.165, 1.54) is 22.8 Å². The molecule has 8 nitrogen and oxygen atoms in total. The highest BCUT2D eigenvalue weighted by Crippen LogP contribution is 2.26. The van der Waals surface area contributed by atoms with Crippen LogP contribution in [0.5, 0.6) is 0 Å². The van der Waals surface area contributed by atoms with Gasteiger partial charge in [-0.05, 0) is 12.1 Å². The van der Waals surface area contributed by atoms with Crippen LogP contribution in [0.25, 0.3) is 11.1 Å². The molecule has 0 bridgehead atoms. The van der Waals surface area contributed by atoms with Gasteiger partial charge in [-0.15, -0.1) is 0 Å². The number of aryl methyl sites for hydroxylation is 1. The zero-order chi connectivity index (χ0) is 17.7. The number of fused-ring (bicyclic) bond motifs is 1. The molecule has 0 saturated carbocycles. The minimum Gasteiger partial charge on any atom is -0.408 e. The summed E-state index contributed by atoms with van der Waals surface area (Å²) >= 11 is 0. The first-order valence-electron chi connectivity index (χ1n) is 7.17. The van der Waals surface area contributed by atoms with Crippen LogP contribution in [0.15, 0.2) is 42.9 Å². The van der Waals surface area contributed by atoms with Gasteiger partial charge in [0.25, 0.3) is 10.0 Å². The third-order valence-electron chi connectivity index (χ3n) is 3.59. The van der Waals surface area contributed by atoms with E-state index in [4.69, 9.17) is 8.94 Å². The average molecular weight is 351 g/mol. The Labute approximate surface area is 138 Å². The Kier molecular flexibility index (Phi) is 3.56. The molecule has 0 fully saturated rings. The summed E-state index contributed by atoms with van der Waals surface area (Å²) < 4.78 is 38.6. The lowest BCUT2D eigenvalue weighted by molar-refractivity contribution is 0.405. The van der Waals surface area contributed by atoms with Crippen LogP contribution in [0.4, 0.5) is 5.88 Å². The molecule has 0 aliphatic heterocycles. The Morgan fingerprint density at radius 3 is 2.54 bits per heavy atom. The lowest BCUT2D eigenvalue weighted by atomic mass is 9.92. The summed E-state index contributed by atoms with van der Waals surface area (Å²) in [6.07, 6.45) is 0. The number of nitrogens with one attached hydrogen (secondary N) is 1. The minimum atomic E-state index is -3.90. The predicted octanol–water partition coefficient (Wildman–Crippen LogP) is 2.22. The molecule has 0 radical (unpaired) electrons. The smallest absolute Gasteiger partial charge is 0.408 e. The van der Waals surface area contributed by atoms with Crippen LogP contribution in [0.1, 0.15) is 26.5 Å². The maximum Gasteiger partial charge on any atom is 0.419 e. The first kappa shape index (κ1) is 16.3. The van der Waals surface area contributed by atoms with E-state index in [2.05, 4.69) is 9.88 Å². The van der Waals surface area contributed by atoms with Gasteiger partial charge in [-0.25, -0.2) is 17.9 Å². The van der Waals surface area contributed by atoms with Crippen molar-refractivity contribution in [1.29, 1.82) is 0 Å². The number of anilines is 1. The molecule has 0 spiro atoms. The second-order valence-corrected chi connectivity index (χ2v) is 8.17. The zero-order valence-corrected chi connectivity index (χ0v) is 14.5. The van der Waals surface area contributed by atoms with E-state index in [0.717, 1.165) is 0 Å². The van der Waals surface area contributed by atoms with Crippen LogP contribution >= 0.6 is 0 Å². The molecule has 1 aromatic carbocycles. The normalized spacial score (nSPS) is 12.7. The summed E-state index contributed by atoms with van der Waals surface area (Å²) in [5.41, 5.74) is 1.07. The Bertz CT molecular complexity index is 1070. The summed E-state index contributed by atoms with van der Waals surface area (Å²) in [7, 11) is -2.35. The van der Waals surface area contributed by atoms with Gasteiger partial charge in [0, 0.05) is 24.6 Å². The van der Waals surface area contributed by atoms with E-state index in [-0.39, 0.29) is 21.8 Å². The maximum atomic E-state index is 12.5. The van der Waals surface area contributed by atoms with Crippen molar-refractivity contribution in [1.82, 2.24) is 9.72 Å². The van der Waals surface area contributed by atoms with Crippen molar-refractivity contribution < 1.29 is 17.4 Å². The molecule has 0 atom stereocenters. The highest BCUT2D eigenvalue weighted by atomic mass is 32.2. The van der Waals surface area contributed by atoms with Crippen molar-refractivity contribution in [2.75, 3.05) is 4.72 Å². The summed E-state index contributed by atoms with van der Waals surface area (Å²) in [5, 5.41) is 3.87. The summed E-state index contributed by atoms with van der Waals surface area (Å²) in [4.78, 5) is 11.5. The molecule has 0 saturated heterocycles. The maximum absolute atomic E-state index is 12.5. The molecule has 128 valence electrons. The van der Waals surface area contributed by atoms with Crippen LogP contribution < -0.4 is 10.5 Å². The summed E-state index contributed by atoms with van der Waals surface area (Å²) in [6.45, 7) is 5.82. The quantitative estimate of drug-likeness (QED) is 0.775. The van der Waals surface area contributed by atoms with E-state index in [0.29, 0.717) is 11.2 Å². The van der Waals surface area contributed by atoms with Crippen molar-refractivity contribution in [2.24, 2.45) is 7.05 Å². The fraction of sp³-hybridized carbons (Fsp3) is 0.333. The number of aromatic nitrogens is 2. The minimum absolute atomic E-state index is 0.0227. The molecule has 24 heavy (non-hydrogen) atoms. The molecule has 0 unspecified atom stereocenters. The van der Waals surface area contributed by atoms with Crippen molar-refractivity contribution >= 4 is 27.0 Å². The molecular formula is C15H17N3O5S. The SMILES string of the molecule is Cn1c(=O)oc2cc(S(=O)(=O)Nc3cc(C(C)(C)C)no3)ccc21. The topological polar surface area (TPSA) is 107 Å². The molecule has 0 aliphatic rings. The number of nitrogens with zero attached hydrogens (tertiary/aromatic N) is 2. The number of rotatable bonds is 3. The van der Waals surface area contributed by atoms with Gasteiger partial charge in [-0.1, -0.05) is 25.9 Å². The standard InChI is InChI=1S/C15H17N3O5S/c1-15(2,3)12-8-13(23-16-12)17-24(20,21)9-5-6-10-11(7-9)22-14(19)18(10)4/h5-8,17H,1-4H3. The number of hydrogen-bond acceptors (Lipinski definition) is 6. The fourth-order valence-electron chi connectivity index (χ4n) is 2.15. The Morgan fingerprint density at radius 1 is 1.21 bits per heavy atom. The predicted molar refractivity (Wildman–Crippen MR) is 87.5 cm³/mol. The van der Waals surface area contributed by atoms with E-state index in [1.807, 2.05) is 20.8 Å². The lowest BCUT2D eigenvalue weighted by Gasteiger charge is -2.12. The first-order valence-corrected chi connectivity index (χ1v) is 8.66. The van der Waals surface area contributed by atoms with Gasteiger partial charge in [0.2, 0.25) is 5.88 Å². The van der Waals surface area contributed by atoms with Gasteiger partial charge in [0.1, 0.15) is 0 Å². The Balaban J connectivity index is 1.96. The largest absolute Gasteiger partial charge is 0.419 e. The highest BCUT2D eigenvalue weighted by Gasteiger charge is 2.22. The molecule has 0 aliphatic carbocycles. The zero-order valence-electron chi connectivity index (χ0n) is 13.7. The van der Waals surface area contributed by atoms with Gasteiger partial charge in [0.15, 0.2) is 5.58 Å². The molecule has 3 aromatic rings. The van der Waals surface area contributed by atoms with Gasteiger partial charge in [-0.3, -0.25) is 4.57 Å². The van der Waals surface area contributed by atoms with Gasteiger partial charge >= 0.3 is 5.76 Å². The summed E-state index contributed by atoms with van der Waals surface area (Å²) in [5.74, 6) is -0.535.